The Kier molecular flexibility index (Phi) is 4.32. The molecule has 0 radical (unpaired) electrons. The first-order valence-electron chi connectivity index (χ1n) is 4.82. The quantitative estimate of drug-likeness (QED) is 0.902. The van der Waals surface area contributed by atoms with Gasteiger partial charge in [0.05, 0.1) is 10.2 Å². The molecule has 0 unspecified atom stereocenters. The Balaban J connectivity index is 2.47. The van der Waals surface area contributed by atoms with Crippen LogP contribution in [-0.4, -0.2) is 16.5 Å². The van der Waals surface area contributed by atoms with Crippen LogP contribution in [0.4, 0.5) is 5.95 Å². The van der Waals surface area contributed by atoms with Crippen molar-refractivity contribution >= 4 is 21.9 Å². The van der Waals surface area contributed by atoms with E-state index in [1.54, 1.807) is 6.20 Å². The van der Waals surface area contributed by atoms with E-state index in [2.05, 4.69) is 45.1 Å². The van der Waals surface area contributed by atoms with E-state index < -0.39 is 0 Å². The summed E-state index contributed by atoms with van der Waals surface area (Å²) in [6.07, 6.45) is 2.92. The molecule has 0 aliphatic heterocycles. The zero-order valence-electron chi connectivity index (χ0n) is 8.84. The summed E-state index contributed by atoms with van der Waals surface area (Å²) in [4.78, 5) is 8.47. The molecule has 1 rings (SSSR count). The van der Waals surface area contributed by atoms with Crippen molar-refractivity contribution in [2.75, 3.05) is 11.9 Å². The van der Waals surface area contributed by atoms with Crippen molar-refractivity contribution in [1.29, 1.82) is 0 Å². The van der Waals surface area contributed by atoms with E-state index in [-0.39, 0.29) is 0 Å². The standard InChI is InChI=1S/C10H16BrN3/c1-7(2)4-5-12-10-13-6-9(11)8(3)14-10/h6-7H,4-5H2,1-3H3,(H,12,13,14). The molecule has 1 aromatic heterocycles. The van der Waals surface area contributed by atoms with Gasteiger partial charge in [0, 0.05) is 12.7 Å². The van der Waals surface area contributed by atoms with Gasteiger partial charge < -0.3 is 5.32 Å². The van der Waals surface area contributed by atoms with Gasteiger partial charge in [-0.2, -0.15) is 0 Å². The molecular weight excluding hydrogens is 242 g/mol. The lowest BCUT2D eigenvalue weighted by atomic mass is 10.1. The SMILES string of the molecule is Cc1nc(NCCC(C)C)ncc1Br. The van der Waals surface area contributed by atoms with Gasteiger partial charge in [0.25, 0.3) is 0 Å². The lowest BCUT2D eigenvalue weighted by Crippen LogP contribution is -2.08. The second-order valence-electron chi connectivity index (χ2n) is 3.74. The summed E-state index contributed by atoms with van der Waals surface area (Å²) in [5.41, 5.74) is 0.965. The van der Waals surface area contributed by atoms with Crippen LogP contribution in [-0.2, 0) is 0 Å². The number of hydrogen-bond acceptors (Lipinski definition) is 3. The van der Waals surface area contributed by atoms with Crippen LogP contribution in [0.25, 0.3) is 0 Å². The van der Waals surface area contributed by atoms with Crippen LogP contribution in [0.2, 0.25) is 0 Å². The molecule has 0 aromatic carbocycles. The Hall–Kier alpha value is -0.640. The fraction of sp³-hybridized carbons (Fsp3) is 0.600. The highest BCUT2D eigenvalue weighted by atomic mass is 79.9. The first-order chi connectivity index (χ1) is 6.59. The van der Waals surface area contributed by atoms with Crippen LogP contribution in [0.15, 0.2) is 10.7 Å². The van der Waals surface area contributed by atoms with E-state index >= 15 is 0 Å². The lowest BCUT2D eigenvalue weighted by molar-refractivity contribution is 0.606. The van der Waals surface area contributed by atoms with E-state index in [1.165, 1.54) is 0 Å². The minimum Gasteiger partial charge on any atom is -0.354 e. The number of rotatable bonds is 4. The van der Waals surface area contributed by atoms with Crippen molar-refractivity contribution in [3.8, 4) is 0 Å². The maximum atomic E-state index is 4.30. The minimum absolute atomic E-state index is 0.707. The van der Waals surface area contributed by atoms with E-state index in [0.29, 0.717) is 11.9 Å². The van der Waals surface area contributed by atoms with Gasteiger partial charge in [0.2, 0.25) is 5.95 Å². The Morgan fingerprint density at radius 2 is 2.21 bits per heavy atom. The smallest absolute Gasteiger partial charge is 0.222 e. The molecule has 0 bridgehead atoms. The van der Waals surface area contributed by atoms with Crippen LogP contribution in [0.5, 0.6) is 0 Å². The van der Waals surface area contributed by atoms with Gasteiger partial charge in [-0.3, -0.25) is 0 Å². The second kappa shape index (κ2) is 5.29. The summed E-state index contributed by atoms with van der Waals surface area (Å²) in [6.45, 7) is 7.29. The molecule has 0 amide bonds. The monoisotopic (exact) mass is 257 g/mol. The van der Waals surface area contributed by atoms with Gasteiger partial charge in [-0.05, 0) is 35.2 Å². The van der Waals surface area contributed by atoms with Gasteiger partial charge >= 0.3 is 0 Å². The number of aromatic nitrogens is 2. The molecule has 3 nitrogen and oxygen atoms in total. The van der Waals surface area contributed by atoms with Crippen molar-refractivity contribution in [2.24, 2.45) is 5.92 Å². The summed E-state index contributed by atoms with van der Waals surface area (Å²) in [5, 5.41) is 3.20. The molecule has 0 atom stereocenters. The highest BCUT2D eigenvalue weighted by molar-refractivity contribution is 9.10. The fourth-order valence-corrected chi connectivity index (χ4v) is 1.20. The maximum absolute atomic E-state index is 4.30. The third kappa shape index (κ3) is 3.62. The highest BCUT2D eigenvalue weighted by Gasteiger charge is 2.00. The summed E-state index contributed by atoms with van der Waals surface area (Å²) < 4.78 is 0.951. The van der Waals surface area contributed by atoms with E-state index in [1.807, 2.05) is 6.92 Å². The van der Waals surface area contributed by atoms with Crippen LogP contribution < -0.4 is 5.32 Å². The van der Waals surface area contributed by atoms with E-state index in [4.69, 9.17) is 0 Å². The average Bonchev–Trinajstić information content (AvgIpc) is 2.10. The second-order valence-corrected chi connectivity index (χ2v) is 4.59. The van der Waals surface area contributed by atoms with Gasteiger partial charge in [0.1, 0.15) is 0 Å². The Morgan fingerprint density at radius 3 is 2.79 bits per heavy atom. The largest absolute Gasteiger partial charge is 0.354 e. The number of aryl methyl sites for hydroxylation is 1. The Bertz CT molecular complexity index is 299. The van der Waals surface area contributed by atoms with Crippen molar-refractivity contribution in [2.45, 2.75) is 27.2 Å². The first-order valence-corrected chi connectivity index (χ1v) is 5.62. The highest BCUT2D eigenvalue weighted by Crippen LogP contribution is 2.13. The molecule has 0 aliphatic rings. The molecule has 1 heterocycles. The molecule has 78 valence electrons. The predicted octanol–water partition coefficient (Wildman–Crippen LogP) is 3.01. The molecule has 0 saturated carbocycles. The molecule has 0 aliphatic carbocycles. The first kappa shape index (κ1) is 11.4. The third-order valence-electron chi connectivity index (χ3n) is 1.92. The van der Waals surface area contributed by atoms with Crippen molar-refractivity contribution in [3.05, 3.63) is 16.4 Å². The summed E-state index contributed by atoms with van der Waals surface area (Å²) in [6, 6.07) is 0. The van der Waals surface area contributed by atoms with Crippen molar-refractivity contribution in [1.82, 2.24) is 9.97 Å². The van der Waals surface area contributed by atoms with Gasteiger partial charge in [-0.25, -0.2) is 9.97 Å². The van der Waals surface area contributed by atoms with Crippen LogP contribution in [0.1, 0.15) is 26.0 Å². The van der Waals surface area contributed by atoms with E-state index in [9.17, 15) is 0 Å². The minimum atomic E-state index is 0.707. The normalized spacial score (nSPS) is 10.6. The number of halogens is 1. The third-order valence-corrected chi connectivity index (χ3v) is 2.70. The molecule has 1 N–H and O–H groups in total. The summed E-state index contributed by atoms with van der Waals surface area (Å²) in [7, 11) is 0. The van der Waals surface area contributed by atoms with Gasteiger partial charge in [-0.15, -0.1) is 0 Å². The zero-order chi connectivity index (χ0) is 10.6. The van der Waals surface area contributed by atoms with Crippen molar-refractivity contribution < 1.29 is 0 Å². The number of anilines is 1. The predicted molar refractivity (Wildman–Crippen MR) is 62.4 cm³/mol. The lowest BCUT2D eigenvalue weighted by Gasteiger charge is -2.07. The zero-order valence-corrected chi connectivity index (χ0v) is 10.4. The van der Waals surface area contributed by atoms with Gasteiger partial charge in [-0.1, -0.05) is 13.8 Å². The topological polar surface area (TPSA) is 37.8 Å². The Labute approximate surface area is 93.5 Å². The van der Waals surface area contributed by atoms with Crippen molar-refractivity contribution in [3.63, 3.8) is 0 Å². The molecular formula is C10H16BrN3. The van der Waals surface area contributed by atoms with Crippen LogP contribution in [0, 0.1) is 12.8 Å². The molecule has 0 spiro atoms. The van der Waals surface area contributed by atoms with Crippen LogP contribution >= 0.6 is 15.9 Å². The summed E-state index contributed by atoms with van der Waals surface area (Å²) in [5.74, 6) is 1.42. The van der Waals surface area contributed by atoms with Gasteiger partial charge in [0.15, 0.2) is 0 Å². The number of hydrogen-bond donors (Lipinski definition) is 1. The average molecular weight is 258 g/mol. The number of nitrogens with zero attached hydrogens (tertiary/aromatic N) is 2. The van der Waals surface area contributed by atoms with E-state index in [0.717, 1.165) is 23.1 Å². The van der Waals surface area contributed by atoms with Crippen LogP contribution in [0.3, 0.4) is 0 Å². The molecule has 1 aromatic rings. The molecule has 4 heteroatoms. The molecule has 0 saturated heterocycles. The molecule has 14 heavy (non-hydrogen) atoms. The molecule has 0 fully saturated rings. The number of nitrogens with one attached hydrogen (secondary N) is 1. The summed E-state index contributed by atoms with van der Waals surface area (Å²) >= 11 is 3.37. The Morgan fingerprint density at radius 1 is 1.50 bits per heavy atom. The maximum Gasteiger partial charge on any atom is 0.222 e. The fourth-order valence-electron chi connectivity index (χ4n) is 1.01.